The number of aromatic nitrogens is 1. The summed E-state index contributed by atoms with van der Waals surface area (Å²) in [6, 6.07) is 14.3. The lowest BCUT2D eigenvalue weighted by atomic mass is 10.2. The van der Waals surface area contributed by atoms with E-state index in [1.54, 1.807) is 0 Å². The third-order valence-corrected chi connectivity index (χ3v) is 2.48. The second-order valence-corrected chi connectivity index (χ2v) is 3.50. The number of aryl methyl sites for hydroxylation is 1. The van der Waals surface area contributed by atoms with Crippen LogP contribution >= 0.6 is 0 Å². The fourth-order valence-electron chi connectivity index (χ4n) is 1.62. The van der Waals surface area contributed by atoms with E-state index < -0.39 is 0 Å². The minimum Gasteiger partial charge on any atom is -0.343 e. The SMILES string of the molecule is Cc1ncccc1N(C)c1ccccc1. The van der Waals surface area contributed by atoms with E-state index in [4.69, 9.17) is 0 Å². The van der Waals surface area contributed by atoms with Gasteiger partial charge in [0.25, 0.3) is 0 Å². The molecule has 2 aromatic rings. The number of para-hydroxylation sites is 1. The van der Waals surface area contributed by atoms with E-state index in [1.807, 2.05) is 37.4 Å². The summed E-state index contributed by atoms with van der Waals surface area (Å²) in [4.78, 5) is 6.43. The van der Waals surface area contributed by atoms with Crippen LogP contribution in [-0.2, 0) is 0 Å². The summed E-state index contributed by atoms with van der Waals surface area (Å²) in [6.07, 6.45) is 1.82. The van der Waals surface area contributed by atoms with Crippen molar-refractivity contribution >= 4 is 11.4 Å². The summed E-state index contributed by atoms with van der Waals surface area (Å²) < 4.78 is 0. The highest BCUT2D eigenvalue weighted by Crippen LogP contribution is 2.24. The van der Waals surface area contributed by atoms with Crippen molar-refractivity contribution in [1.82, 2.24) is 4.98 Å². The van der Waals surface area contributed by atoms with Crippen LogP contribution in [0.1, 0.15) is 5.69 Å². The summed E-state index contributed by atoms with van der Waals surface area (Å²) in [5, 5.41) is 0. The number of anilines is 2. The summed E-state index contributed by atoms with van der Waals surface area (Å²) in [5.74, 6) is 0. The molecule has 76 valence electrons. The predicted molar refractivity (Wildman–Crippen MR) is 63.5 cm³/mol. The molecule has 15 heavy (non-hydrogen) atoms. The van der Waals surface area contributed by atoms with Crippen molar-refractivity contribution < 1.29 is 0 Å². The van der Waals surface area contributed by atoms with Crippen LogP contribution < -0.4 is 4.90 Å². The number of pyridine rings is 1. The van der Waals surface area contributed by atoms with Crippen LogP contribution in [0.25, 0.3) is 0 Å². The van der Waals surface area contributed by atoms with Gasteiger partial charge in [0.15, 0.2) is 0 Å². The van der Waals surface area contributed by atoms with Gasteiger partial charge < -0.3 is 4.90 Å². The van der Waals surface area contributed by atoms with Crippen LogP contribution in [0.5, 0.6) is 0 Å². The fraction of sp³-hybridized carbons (Fsp3) is 0.154. The Labute approximate surface area is 90.2 Å². The van der Waals surface area contributed by atoms with E-state index in [-0.39, 0.29) is 0 Å². The van der Waals surface area contributed by atoms with E-state index in [9.17, 15) is 0 Å². The monoisotopic (exact) mass is 198 g/mol. The molecule has 0 amide bonds. The van der Waals surface area contributed by atoms with Crippen molar-refractivity contribution in [2.24, 2.45) is 0 Å². The highest BCUT2D eigenvalue weighted by Gasteiger charge is 2.05. The van der Waals surface area contributed by atoms with Crippen LogP contribution in [0.4, 0.5) is 11.4 Å². The number of nitrogens with zero attached hydrogens (tertiary/aromatic N) is 2. The Morgan fingerprint density at radius 3 is 2.40 bits per heavy atom. The average Bonchev–Trinajstić information content (AvgIpc) is 2.30. The molecule has 0 atom stereocenters. The Kier molecular flexibility index (Phi) is 2.68. The van der Waals surface area contributed by atoms with E-state index in [1.165, 1.54) is 5.69 Å². The number of rotatable bonds is 2. The molecule has 0 unspecified atom stereocenters. The third kappa shape index (κ3) is 1.99. The molecule has 1 heterocycles. The lowest BCUT2D eigenvalue weighted by molar-refractivity contribution is 1.12. The van der Waals surface area contributed by atoms with Crippen molar-refractivity contribution in [3.8, 4) is 0 Å². The molecule has 1 aromatic heterocycles. The molecule has 2 nitrogen and oxygen atoms in total. The minimum atomic E-state index is 1.05. The van der Waals surface area contributed by atoms with Gasteiger partial charge in [-0.1, -0.05) is 18.2 Å². The van der Waals surface area contributed by atoms with Gasteiger partial charge in [0.05, 0.1) is 11.4 Å². The lowest BCUT2D eigenvalue weighted by Crippen LogP contribution is -2.11. The molecule has 0 spiro atoms. The molecule has 0 bridgehead atoms. The Morgan fingerprint density at radius 2 is 1.73 bits per heavy atom. The maximum Gasteiger partial charge on any atom is 0.0624 e. The Balaban J connectivity index is 2.37. The highest BCUT2D eigenvalue weighted by molar-refractivity contribution is 5.63. The van der Waals surface area contributed by atoms with E-state index in [0.29, 0.717) is 0 Å². The molecule has 0 saturated carbocycles. The quantitative estimate of drug-likeness (QED) is 0.736. The molecule has 1 aromatic carbocycles. The van der Waals surface area contributed by atoms with Gasteiger partial charge in [0, 0.05) is 18.9 Å². The number of hydrogen-bond donors (Lipinski definition) is 0. The summed E-state index contributed by atoms with van der Waals surface area (Å²) in [7, 11) is 2.05. The predicted octanol–water partition coefficient (Wildman–Crippen LogP) is 3.16. The zero-order valence-electron chi connectivity index (χ0n) is 9.01. The molecule has 2 heteroatoms. The molecular formula is C13H14N2. The van der Waals surface area contributed by atoms with Gasteiger partial charge in [-0.2, -0.15) is 0 Å². The minimum absolute atomic E-state index is 1.05. The van der Waals surface area contributed by atoms with Crippen molar-refractivity contribution in [2.45, 2.75) is 6.92 Å². The first-order chi connectivity index (χ1) is 7.29. The molecular weight excluding hydrogens is 184 g/mol. The number of hydrogen-bond acceptors (Lipinski definition) is 2. The maximum atomic E-state index is 4.28. The Morgan fingerprint density at radius 1 is 1.00 bits per heavy atom. The van der Waals surface area contributed by atoms with Crippen LogP contribution in [-0.4, -0.2) is 12.0 Å². The molecule has 0 aliphatic rings. The van der Waals surface area contributed by atoms with Crippen molar-refractivity contribution in [3.05, 3.63) is 54.4 Å². The van der Waals surface area contributed by atoms with Gasteiger partial charge in [-0.05, 0) is 31.2 Å². The summed E-state index contributed by atoms with van der Waals surface area (Å²) in [5.41, 5.74) is 3.36. The van der Waals surface area contributed by atoms with Crippen LogP contribution in [0.3, 0.4) is 0 Å². The summed E-state index contributed by atoms with van der Waals surface area (Å²) in [6.45, 7) is 2.02. The van der Waals surface area contributed by atoms with E-state index in [0.717, 1.165) is 11.4 Å². The topological polar surface area (TPSA) is 16.1 Å². The molecule has 0 saturated heterocycles. The molecule has 0 radical (unpaired) electrons. The zero-order valence-corrected chi connectivity index (χ0v) is 9.01. The molecule has 0 aliphatic carbocycles. The fourth-order valence-corrected chi connectivity index (χ4v) is 1.62. The maximum absolute atomic E-state index is 4.28. The second-order valence-electron chi connectivity index (χ2n) is 3.50. The van der Waals surface area contributed by atoms with Crippen molar-refractivity contribution in [3.63, 3.8) is 0 Å². The van der Waals surface area contributed by atoms with Gasteiger partial charge in [0.2, 0.25) is 0 Å². The standard InChI is InChI=1S/C13H14N2/c1-11-13(9-6-10-14-11)15(2)12-7-4-3-5-8-12/h3-10H,1-2H3. The highest BCUT2D eigenvalue weighted by atomic mass is 15.1. The van der Waals surface area contributed by atoms with Crippen LogP contribution in [0, 0.1) is 6.92 Å². The van der Waals surface area contributed by atoms with Crippen molar-refractivity contribution in [2.75, 3.05) is 11.9 Å². The lowest BCUT2D eigenvalue weighted by Gasteiger charge is -2.20. The molecule has 0 aliphatic heterocycles. The summed E-state index contributed by atoms with van der Waals surface area (Å²) >= 11 is 0. The van der Waals surface area contributed by atoms with Crippen LogP contribution in [0.15, 0.2) is 48.7 Å². The molecule has 0 N–H and O–H groups in total. The average molecular weight is 198 g/mol. The first-order valence-corrected chi connectivity index (χ1v) is 4.99. The Hall–Kier alpha value is -1.83. The normalized spacial score (nSPS) is 10.0. The van der Waals surface area contributed by atoms with E-state index >= 15 is 0 Å². The first kappa shape index (κ1) is 9.71. The van der Waals surface area contributed by atoms with Gasteiger partial charge in [0.1, 0.15) is 0 Å². The Bertz CT molecular complexity index is 437. The largest absolute Gasteiger partial charge is 0.343 e. The zero-order chi connectivity index (χ0) is 10.7. The first-order valence-electron chi connectivity index (χ1n) is 4.99. The molecule has 2 rings (SSSR count). The van der Waals surface area contributed by atoms with Crippen molar-refractivity contribution in [1.29, 1.82) is 0 Å². The van der Waals surface area contributed by atoms with Gasteiger partial charge in [-0.15, -0.1) is 0 Å². The van der Waals surface area contributed by atoms with Gasteiger partial charge >= 0.3 is 0 Å². The van der Waals surface area contributed by atoms with Crippen LogP contribution in [0.2, 0.25) is 0 Å². The number of benzene rings is 1. The third-order valence-electron chi connectivity index (χ3n) is 2.48. The second kappa shape index (κ2) is 4.13. The van der Waals surface area contributed by atoms with E-state index in [2.05, 4.69) is 35.1 Å². The van der Waals surface area contributed by atoms with Gasteiger partial charge in [-0.25, -0.2) is 0 Å². The smallest absolute Gasteiger partial charge is 0.0624 e. The molecule has 0 fully saturated rings. The van der Waals surface area contributed by atoms with Gasteiger partial charge in [-0.3, -0.25) is 4.98 Å².